The van der Waals surface area contributed by atoms with E-state index in [9.17, 15) is 14.4 Å². The summed E-state index contributed by atoms with van der Waals surface area (Å²) < 4.78 is 0. The topological polar surface area (TPSA) is 94.9 Å². The third-order valence-corrected chi connectivity index (χ3v) is 3.63. The lowest BCUT2D eigenvalue weighted by Crippen LogP contribution is -2.42. The van der Waals surface area contributed by atoms with E-state index < -0.39 is 36.9 Å². The van der Waals surface area contributed by atoms with Gasteiger partial charge >= 0.3 is 11.9 Å². The van der Waals surface area contributed by atoms with Crippen LogP contribution in [0.2, 0.25) is 0 Å². The van der Waals surface area contributed by atoms with Crippen molar-refractivity contribution < 1.29 is 24.6 Å². The predicted octanol–water partition coefficient (Wildman–Crippen LogP) is 1.10. The van der Waals surface area contributed by atoms with Crippen molar-refractivity contribution in [2.75, 3.05) is 13.1 Å². The second kappa shape index (κ2) is 6.39. The van der Waals surface area contributed by atoms with Crippen LogP contribution in [-0.2, 0) is 20.8 Å². The van der Waals surface area contributed by atoms with Gasteiger partial charge in [0.05, 0.1) is 5.92 Å². The number of nitrogens with zero attached hydrogens (tertiary/aromatic N) is 1. The predicted molar refractivity (Wildman–Crippen MR) is 74.0 cm³/mol. The van der Waals surface area contributed by atoms with E-state index >= 15 is 0 Å². The highest BCUT2D eigenvalue weighted by atomic mass is 16.4. The third kappa shape index (κ3) is 3.59. The number of aliphatic carboxylic acids is 2. The molecule has 0 saturated carbocycles. The normalized spacial score (nSPS) is 16.9. The summed E-state index contributed by atoms with van der Waals surface area (Å²) in [4.78, 5) is 35.1. The molecule has 1 aromatic carbocycles. The zero-order valence-corrected chi connectivity index (χ0v) is 11.5. The van der Waals surface area contributed by atoms with Crippen molar-refractivity contribution in [1.82, 2.24) is 4.90 Å². The Balaban J connectivity index is 2.25. The minimum absolute atomic E-state index is 0.424. The van der Waals surface area contributed by atoms with Crippen LogP contribution in [0.3, 0.4) is 0 Å². The lowest BCUT2D eigenvalue weighted by Gasteiger charge is -2.29. The molecule has 1 aliphatic carbocycles. The van der Waals surface area contributed by atoms with Crippen molar-refractivity contribution in [1.29, 1.82) is 0 Å². The Kier molecular flexibility index (Phi) is 4.57. The van der Waals surface area contributed by atoms with E-state index in [1.165, 1.54) is 0 Å². The quantitative estimate of drug-likeness (QED) is 0.847. The largest absolute Gasteiger partial charge is 0.480 e. The van der Waals surface area contributed by atoms with Crippen LogP contribution < -0.4 is 0 Å². The van der Waals surface area contributed by atoms with Gasteiger partial charge in [0.25, 0.3) is 0 Å². The Labute approximate surface area is 122 Å². The van der Waals surface area contributed by atoms with E-state index in [2.05, 4.69) is 0 Å². The Bertz CT molecular complexity index is 553. The van der Waals surface area contributed by atoms with Gasteiger partial charge in [-0.05, 0) is 30.4 Å². The van der Waals surface area contributed by atoms with E-state index in [0.29, 0.717) is 6.42 Å². The number of carboxylic acid groups (broad SMARTS) is 2. The minimum Gasteiger partial charge on any atom is -0.480 e. The lowest BCUT2D eigenvalue weighted by molar-refractivity contribution is -0.150. The Morgan fingerprint density at radius 3 is 2.33 bits per heavy atom. The number of rotatable bonds is 5. The summed E-state index contributed by atoms with van der Waals surface area (Å²) in [5, 5.41) is 17.7. The van der Waals surface area contributed by atoms with Crippen molar-refractivity contribution in [3.8, 4) is 0 Å². The number of hydrogen-bond donors (Lipinski definition) is 2. The van der Waals surface area contributed by atoms with Gasteiger partial charge < -0.3 is 15.1 Å². The van der Waals surface area contributed by atoms with Crippen LogP contribution in [0.1, 0.15) is 29.9 Å². The second-order valence-electron chi connectivity index (χ2n) is 5.13. The molecular formula is C15H17NO5. The zero-order valence-electron chi connectivity index (χ0n) is 11.5. The zero-order chi connectivity index (χ0) is 15.4. The molecule has 6 heteroatoms. The standard InChI is InChI=1S/C15H17NO5/c17-13(18)8-16(9-14(19)20)15(21)12-7-3-5-10-4-1-2-6-11(10)12/h1-2,4,6,12H,3,5,7-9H2,(H,17,18)(H,19,20). The van der Waals surface area contributed by atoms with E-state index in [1.54, 1.807) is 0 Å². The van der Waals surface area contributed by atoms with Gasteiger partial charge in [-0.15, -0.1) is 0 Å². The first-order chi connectivity index (χ1) is 9.99. The summed E-state index contributed by atoms with van der Waals surface area (Å²) in [5.41, 5.74) is 1.96. The molecule has 1 aromatic rings. The molecule has 21 heavy (non-hydrogen) atoms. The number of carbonyl (C=O) groups excluding carboxylic acids is 1. The fraction of sp³-hybridized carbons (Fsp3) is 0.400. The van der Waals surface area contributed by atoms with Crippen LogP contribution in [-0.4, -0.2) is 46.0 Å². The molecule has 0 fully saturated rings. The number of hydrogen-bond acceptors (Lipinski definition) is 3. The number of amides is 1. The summed E-state index contributed by atoms with van der Waals surface area (Å²) in [7, 11) is 0. The van der Waals surface area contributed by atoms with E-state index in [1.807, 2.05) is 24.3 Å². The summed E-state index contributed by atoms with van der Waals surface area (Å²) >= 11 is 0. The molecule has 1 amide bonds. The van der Waals surface area contributed by atoms with Gasteiger partial charge in [0.15, 0.2) is 0 Å². The Hall–Kier alpha value is -2.37. The summed E-state index contributed by atoms with van der Waals surface area (Å²) in [5.74, 6) is -3.30. The van der Waals surface area contributed by atoms with Crippen LogP contribution in [0.25, 0.3) is 0 Å². The number of fused-ring (bicyclic) bond motifs is 1. The highest BCUT2D eigenvalue weighted by molar-refractivity contribution is 5.89. The highest BCUT2D eigenvalue weighted by Gasteiger charge is 2.31. The maximum Gasteiger partial charge on any atom is 0.323 e. The molecule has 2 N–H and O–H groups in total. The first kappa shape index (κ1) is 15.0. The molecule has 1 atom stereocenters. The van der Waals surface area contributed by atoms with Crippen LogP contribution in [0, 0.1) is 0 Å². The lowest BCUT2D eigenvalue weighted by atomic mass is 9.82. The molecule has 0 aliphatic heterocycles. The van der Waals surface area contributed by atoms with Crippen LogP contribution >= 0.6 is 0 Å². The van der Waals surface area contributed by atoms with Gasteiger partial charge in [0, 0.05) is 0 Å². The monoisotopic (exact) mass is 291 g/mol. The number of carbonyl (C=O) groups is 3. The molecular weight excluding hydrogens is 274 g/mol. The molecule has 0 bridgehead atoms. The summed E-state index contributed by atoms with van der Waals surface area (Å²) in [6.45, 7) is -1.19. The second-order valence-corrected chi connectivity index (χ2v) is 5.13. The fourth-order valence-electron chi connectivity index (χ4n) is 2.77. The number of benzene rings is 1. The van der Waals surface area contributed by atoms with Gasteiger partial charge in [0.2, 0.25) is 5.91 Å². The van der Waals surface area contributed by atoms with Crippen molar-refractivity contribution in [3.05, 3.63) is 35.4 Å². The molecule has 6 nitrogen and oxygen atoms in total. The maximum atomic E-state index is 12.5. The van der Waals surface area contributed by atoms with Crippen molar-refractivity contribution in [2.24, 2.45) is 0 Å². The smallest absolute Gasteiger partial charge is 0.323 e. The van der Waals surface area contributed by atoms with Gasteiger partial charge in [0.1, 0.15) is 13.1 Å². The molecule has 0 radical (unpaired) electrons. The van der Waals surface area contributed by atoms with Crippen LogP contribution in [0.5, 0.6) is 0 Å². The first-order valence-electron chi connectivity index (χ1n) is 6.79. The number of carboxylic acids is 2. The van der Waals surface area contributed by atoms with Gasteiger partial charge in [-0.1, -0.05) is 24.3 Å². The molecule has 0 aromatic heterocycles. The van der Waals surface area contributed by atoms with Crippen LogP contribution in [0.4, 0.5) is 0 Å². The molecule has 0 spiro atoms. The SMILES string of the molecule is O=C(O)CN(CC(=O)O)C(=O)C1CCCc2ccccc21. The van der Waals surface area contributed by atoms with E-state index in [4.69, 9.17) is 10.2 Å². The van der Waals surface area contributed by atoms with E-state index in [-0.39, 0.29) is 0 Å². The van der Waals surface area contributed by atoms with Crippen molar-refractivity contribution in [3.63, 3.8) is 0 Å². The van der Waals surface area contributed by atoms with E-state index in [0.717, 1.165) is 28.9 Å². The molecule has 1 aliphatic rings. The summed E-state index contributed by atoms with van der Waals surface area (Å²) in [6, 6.07) is 7.55. The van der Waals surface area contributed by atoms with Gasteiger partial charge in [-0.2, -0.15) is 0 Å². The Morgan fingerprint density at radius 1 is 1.10 bits per heavy atom. The number of aryl methyl sites for hydroxylation is 1. The van der Waals surface area contributed by atoms with Gasteiger partial charge in [-0.3, -0.25) is 14.4 Å². The maximum absolute atomic E-state index is 12.5. The van der Waals surface area contributed by atoms with Crippen molar-refractivity contribution >= 4 is 17.8 Å². The van der Waals surface area contributed by atoms with Gasteiger partial charge in [-0.25, -0.2) is 0 Å². The van der Waals surface area contributed by atoms with Crippen LogP contribution in [0.15, 0.2) is 24.3 Å². The summed E-state index contributed by atoms with van der Waals surface area (Å²) in [6.07, 6.45) is 2.34. The minimum atomic E-state index is -1.21. The molecule has 0 heterocycles. The average Bonchev–Trinajstić information content (AvgIpc) is 2.44. The first-order valence-corrected chi connectivity index (χ1v) is 6.79. The Morgan fingerprint density at radius 2 is 1.71 bits per heavy atom. The fourth-order valence-corrected chi connectivity index (χ4v) is 2.77. The molecule has 2 rings (SSSR count). The molecule has 1 unspecified atom stereocenters. The van der Waals surface area contributed by atoms with Crippen molar-refractivity contribution in [2.45, 2.75) is 25.2 Å². The molecule has 112 valence electrons. The average molecular weight is 291 g/mol. The highest BCUT2D eigenvalue weighted by Crippen LogP contribution is 2.32. The molecule has 0 saturated heterocycles. The third-order valence-electron chi connectivity index (χ3n) is 3.63.